The van der Waals surface area contributed by atoms with Crippen molar-refractivity contribution in [1.29, 1.82) is 0 Å². The molecule has 1 aliphatic heterocycles. The number of rotatable bonds is 10. The highest BCUT2D eigenvalue weighted by molar-refractivity contribution is 7.08. The molecule has 0 N–H and O–H groups in total. The van der Waals surface area contributed by atoms with Gasteiger partial charge in [-0.05, 0) is 25.7 Å². The quantitative estimate of drug-likeness (QED) is 0.479. The Hall–Kier alpha value is -0.700. The predicted molar refractivity (Wildman–Crippen MR) is 90.7 cm³/mol. The normalized spacial score (nSPS) is 20.7. The second-order valence-corrected chi connectivity index (χ2v) is 6.86. The summed E-state index contributed by atoms with van der Waals surface area (Å²) in [5.74, 6) is 1.93. The molecule has 1 aliphatic rings. The van der Waals surface area contributed by atoms with Gasteiger partial charge >= 0.3 is 0 Å². The third kappa shape index (κ3) is 5.21. The van der Waals surface area contributed by atoms with E-state index in [1.165, 1.54) is 51.4 Å². The van der Waals surface area contributed by atoms with E-state index in [1.807, 2.05) is 0 Å². The van der Waals surface area contributed by atoms with E-state index in [0.717, 1.165) is 24.3 Å². The molecule has 0 radical (unpaired) electrons. The van der Waals surface area contributed by atoms with Crippen LogP contribution in [0.5, 0.6) is 11.5 Å². The van der Waals surface area contributed by atoms with Crippen LogP contribution in [0.3, 0.4) is 0 Å². The van der Waals surface area contributed by atoms with Gasteiger partial charge in [0.15, 0.2) is 11.5 Å². The molecule has 120 valence electrons. The standard InChI is InChI=1S/C18H30O2S/c1-3-5-7-9-11-15-16(12-10-8-6-4-2)20-18-14-21-13-17(18)19-15/h13-16H,3-12H2,1-2H3. The molecule has 2 nitrogen and oxygen atoms in total. The second-order valence-electron chi connectivity index (χ2n) is 6.11. The summed E-state index contributed by atoms with van der Waals surface area (Å²) < 4.78 is 12.4. The zero-order valence-corrected chi connectivity index (χ0v) is 14.4. The van der Waals surface area contributed by atoms with Crippen LogP contribution in [0, 0.1) is 0 Å². The fraction of sp³-hybridized carbons (Fsp3) is 0.778. The van der Waals surface area contributed by atoms with Crippen molar-refractivity contribution in [1.82, 2.24) is 0 Å². The van der Waals surface area contributed by atoms with Gasteiger partial charge in [0.1, 0.15) is 12.2 Å². The summed E-state index contributed by atoms with van der Waals surface area (Å²) >= 11 is 1.67. The molecule has 3 heteroatoms. The fourth-order valence-corrected chi connectivity index (χ4v) is 3.62. The van der Waals surface area contributed by atoms with Gasteiger partial charge in [-0.25, -0.2) is 0 Å². The molecule has 0 amide bonds. The van der Waals surface area contributed by atoms with Gasteiger partial charge in [-0.15, -0.1) is 11.3 Å². The van der Waals surface area contributed by atoms with Gasteiger partial charge in [-0.3, -0.25) is 0 Å². The minimum atomic E-state index is 0.255. The molecule has 1 aromatic rings. The third-order valence-corrected chi connectivity index (χ3v) is 4.95. The first kappa shape index (κ1) is 16.7. The van der Waals surface area contributed by atoms with E-state index < -0.39 is 0 Å². The van der Waals surface area contributed by atoms with Crippen LogP contribution in [0.1, 0.15) is 78.1 Å². The summed E-state index contributed by atoms with van der Waals surface area (Å²) in [6.45, 7) is 4.52. The van der Waals surface area contributed by atoms with Gasteiger partial charge in [0.25, 0.3) is 0 Å². The molecule has 0 aromatic carbocycles. The minimum absolute atomic E-state index is 0.255. The number of thiophene rings is 1. The Morgan fingerprint density at radius 3 is 1.67 bits per heavy atom. The van der Waals surface area contributed by atoms with Crippen LogP contribution in [-0.2, 0) is 0 Å². The van der Waals surface area contributed by atoms with Crippen LogP contribution in [-0.4, -0.2) is 12.2 Å². The Balaban J connectivity index is 1.84. The predicted octanol–water partition coefficient (Wildman–Crippen LogP) is 6.20. The van der Waals surface area contributed by atoms with Crippen LogP contribution in [0.2, 0.25) is 0 Å². The molecule has 2 atom stereocenters. The van der Waals surface area contributed by atoms with Crippen molar-refractivity contribution in [3.05, 3.63) is 10.8 Å². The summed E-state index contributed by atoms with van der Waals surface area (Å²) in [6, 6.07) is 0. The van der Waals surface area contributed by atoms with E-state index in [0.29, 0.717) is 0 Å². The average molecular weight is 311 g/mol. The van der Waals surface area contributed by atoms with Crippen LogP contribution in [0.15, 0.2) is 10.8 Å². The maximum atomic E-state index is 6.21. The van der Waals surface area contributed by atoms with Crippen molar-refractivity contribution in [3.8, 4) is 11.5 Å². The summed E-state index contributed by atoms with van der Waals surface area (Å²) in [6.07, 6.45) is 13.2. The van der Waals surface area contributed by atoms with E-state index in [4.69, 9.17) is 9.47 Å². The smallest absolute Gasteiger partial charge is 0.172 e. The molecule has 2 unspecified atom stereocenters. The van der Waals surface area contributed by atoms with Crippen molar-refractivity contribution in [3.63, 3.8) is 0 Å². The summed E-state index contributed by atoms with van der Waals surface area (Å²) in [5.41, 5.74) is 0. The Kier molecular flexibility index (Phi) is 7.42. The van der Waals surface area contributed by atoms with Crippen molar-refractivity contribution < 1.29 is 9.47 Å². The van der Waals surface area contributed by atoms with Crippen LogP contribution < -0.4 is 9.47 Å². The summed E-state index contributed by atoms with van der Waals surface area (Å²) in [7, 11) is 0. The molecule has 0 bridgehead atoms. The largest absolute Gasteiger partial charge is 0.482 e. The maximum Gasteiger partial charge on any atom is 0.172 e. The van der Waals surface area contributed by atoms with Crippen LogP contribution in [0.25, 0.3) is 0 Å². The molecule has 0 spiro atoms. The van der Waals surface area contributed by atoms with E-state index in [1.54, 1.807) is 11.3 Å². The van der Waals surface area contributed by atoms with E-state index >= 15 is 0 Å². The van der Waals surface area contributed by atoms with Gasteiger partial charge in [-0.2, -0.15) is 0 Å². The second kappa shape index (κ2) is 9.34. The number of unbranched alkanes of at least 4 members (excludes halogenated alkanes) is 6. The molecule has 0 fully saturated rings. The highest BCUT2D eigenvalue weighted by Crippen LogP contribution is 2.39. The molecule has 0 saturated heterocycles. The molecule has 1 aromatic heterocycles. The Morgan fingerprint density at radius 1 is 0.762 bits per heavy atom. The molecule has 2 rings (SSSR count). The first-order chi connectivity index (χ1) is 10.3. The average Bonchev–Trinajstić information content (AvgIpc) is 2.95. The third-order valence-electron chi connectivity index (χ3n) is 4.25. The zero-order chi connectivity index (χ0) is 14.9. The van der Waals surface area contributed by atoms with E-state index in [9.17, 15) is 0 Å². The monoisotopic (exact) mass is 310 g/mol. The van der Waals surface area contributed by atoms with Crippen molar-refractivity contribution in [2.45, 2.75) is 90.3 Å². The van der Waals surface area contributed by atoms with Gasteiger partial charge in [-0.1, -0.05) is 52.4 Å². The highest BCUT2D eigenvalue weighted by Gasteiger charge is 2.31. The number of ether oxygens (including phenoxy) is 2. The van der Waals surface area contributed by atoms with E-state index in [-0.39, 0.29) is 12.2 Å². The first-order valence-corrected chi connectivity index (χ1v) is 9.69. The van der Waals surface area contributed by atoms with E-state index in [2.05, 4.69) is 24.6 Å². The zero-order valence-electron chi connectivity index (χ0n) is 13.6. The number of hydrogen-bond acceptors (Lipinski definition) is 3. The molecular formula is C18H30O2S. The fourth-order valence-electron chi connectivity index (χ4n) is 2.96. The molecule has 21 heavy (non-hydrogen) atoms. The van der Waals surface area contributed by atoms with Gasteiger partial charge in [0.05, 0.1) is 0 Å². The van der Waals surface area contributed by atoms with Crippen molar-refractivity contribution in [2.24, 2.45) is 0 Å². The molecule has 0 aliphatic carbocycles. The molecular weight excluding hydrogens is 280 g/mol. The van der Waals surface area contributed by atoms with Gasteiger partial charge in [0, 0.05) is 10.8 Å². The summed E-state index contributed by atoms with van der Waals surface area (Å²) in [5, 5.41) is 4.14. The number of hydrogen-bond donors (Lipinski definition) is 0. The van der Waals surface area contributed by atoms with Gasteiger partial charge in [0.2, 0.25) is 0 Å². The molecule has 0 saturated carbocycles. The lowest BCUT2D eigenvalue weighted by Gasteiger charge is -2.33. The topological polar surface area (TPSA) is 18.5 Å². The van der Waals surface area contributed by atoms with Crippen LogP contribution >= 0.6 is 11.3 Å². The Morgan fingerprint density at radius 2 is 1.24 bits per heavy atom. The summed E-state index contributed by atoms with van der Waals surface area (Å²) in [4.78, 5) is 0. The van der Waals surface area contributed by atoms with Crippen LogP contribution in [0.4, 0.5) is 0 Å². The molecule has 2 heterocycles. The minimum Gasteiger partial charge on any atom is -0.482 e. The Bertz CT molecular complexity index is 354. The first-order valence-electron chi connectivity index (χ1n) is 8.74. The lowest BCUT2D eigenvalue weighted by atomic mass is 9.99. The highest BCUT2D eigenvalue weighted by atomic mass is 32.1. The number of fused-ring (bicyclic) bond motifs is 1. The lowest BCUT2D eigenvalue weighted by Crippen LogP contribution is -2.39. The van der Waals surface area contributed by atoms with Crippen molar-refractivity contribution in [2.75, 3.05) is 0 Å². The SMILES string of the molecule is CCCCCCC1Oc2cscc2OC1CCCCCC. The van der Waals surface area contributed by atoms with Crippen molar-refractivity contribution >= 4 is 11.3 Å². The lowest BCUT2D eigenvalue weighted by molar-refractivity contribution is 0.00991. The maximum absolute atomic E-state index is 6.21. The van der Waals surface area contributed by atoms with Gasteiger partial charge < -0.3 is 9.47 Å². The Labute approximate surface area is 133 Å².